The summed E-state index contributed by atoms with van der Waals surface area (Å²) in [6.45, 7) is 7.56. The first-order valence-corrected chi connectivity index (χ1v) is 10.8. The summed E-state index contributed by atoms with van der Waals surface area (Å²) in [4.78, 5) is 2.37. The van der Waals surface area contributed by atoms with Gasteiger partial charge in [0, 0.05) is 25.7 Å². The van der Waals surface area contributed by atoms with Crippen molar-refractivity contribution < 1.29 is 13.2 Å². The maximum Gasteiger partial charge on any atom is 0.240 e. The standard InChI is InChI=1S/C18H26ClN3O3S/c1-3-14(4-2)18(22-7-9-25-10-8-22)13-21-26(23,24)16-5-6-17(19)15(11-16)12-20/h5-6,11,14,18,21H,3-4,7-10,13H2,1-2H3. The second-order valence-corrected chi connectivity index (χ2v) is 8.57. The van der Waals surface area contributed by atoms with Gasteiger partial charge in [-0.05, 0) is 24.1 Å². The Kier molecular flexibility index (Phi) is 7.86. The van der Waals surface area contributed by atoms with Crippen LogP contribution < -0.4 is 4.72 Å². The lowest BCUT2D eigenvalue weighted by Gasteiger charge is -2.38. The van der Waals surface area contributed by atoms with E-state index in [1.807, 2.05) is 6.07 Å². The third-order valence-corrected chi connectivity index (χ3v) is 6.71. The minimum Gasteiger partial charge on any atom is -0.379 e. The average molecular weight is 400 g/mol. The number of halogens is 1. The molecule has 26 heavy (non-hydrogen) atoms. The van der Waals surface area contributed by atoms with Crippen LogP contribution in [0.1, 0.15) is 32.3 Å². The molecule has 1 aromatic carbocycles. The number of hydrogen-bond acceptors (Lipinski definition) is 5. The van der Waals surface area contributed by atoms with Gasteiger partial charge in [0.2, 0.25) is 10.0 Å². The molecular weight excluding hydrogens is 374 g/mol. The highest BCUT2D eigenvalue weighted by Gasteiger charge is 2.28. The molecule has 2 rings (SSSR count). The summed E-state index contributed by atoms with van der Waals surface area (Å²) in [5, 5.41) is 9.31. The normalized spacial score (nSPS) is 17.2. The number of nitriles is 1. The van der Waals surface area contributed by atoms with Crippen LogP contribution in [-0.4, -0.2) is 52.2 Å². The molecule has 0 radical (unpaired) electrons. The first-order chi connectivity index (χ1) is 12.4. The van der Waals surface area contributed by atoms with Crippen LogP contribution in [0.25, 0.3) is 0 Å². The fourth-order valence-corrected chi connectivity index (χ4v) is 4.61. The van der Waals surface area contributed by atoms with Gasteiger partial charge >= 0.3 is 0 Å². The van der Waals surface area contributed by atoms with Crippen molar-refractivity contribution in [3.05, 3.63) is 28.8 Å². The van der Waals surface area contributed by atoms with Crippen LogP contribution in [0.4, 0.5) is 0 Å². The lowest BCUT2D eigenvalue weighted by molar-refractivity contribution is 0.00297. The van der Waals surface area contributed by atoms with Crippen LogP contribution in [-0.2, 0) is 14.8 Å². The Morgan fingerprint density at radius 2 is 1.96 bits per heavy atom. The second kappa shape index (κ2) is 9.67. The zero-order valence-corrected chi connectivity index (χ0v) is 16.8. The summed E-state index contributed by atoms with van der Waals surface area (Å²) >= 11 is 5.90. The van der Waals surface area contributed by atoms with E-state index in [0.717, 1.165) is 25.9 Å². The Bertz CT molecular complexity index is 739. The Labute approximate surface area is 161 Å². The summed E-state index contributed by atoms with van der Waals surface area (Å²) in [6.07, 6.45) is 1.97. The van der Waals surface area contributed by atoms with E-state index in [-0.39, 0.29) is 21.5 Å². The fraction of sp³-hybridized carbons (Fsp3) is 0.611. The first-order valence-electron chi connectivity index (χ1n) is 8.94. The molecule has 1 N–H and O–H groups in total. The fourth-order valence-electron chi connectivity index (χ4n) is 3.37. The Balaban J connectivity index is 2.16. The van der Waals surface area contributed by atoms with Crippen molar-refractivity contribution >= 4 is 21.6 Å². The quantitative estimate of drug-likeness (QED) is 0.726. The van der Waals surface area contributed by atoms with Crippen molar-refractivity contribution in [1.82, 2.24) is 9.62 Å². The van der Waals surface area contributed by atoms with Crippen LogP contribution in [0.3, 0.4) is 0 Å². The van der Waals surface area contributed by atoms with E-state index in [1.165, 1.54) is 18.2 Å². The summed E-state index contributed by atoms with van der Waals surface area (Å²) in [5.74, 6) is 0.399. The van der Waals surface area contributed by atoms with E-state index in [2.05, 4.69) is 23.5 Å². The van der Waals surface area contributed by atoms with E-state index in [1.54, 1.807) is 0 Å². The lowest BCUT2D eigenvalue weighted by atomic mass is 9.92. The number of hydrogen-bond donors (Lipinski definition) is 1. The SMILES string of the molecule is CCC(CC)C(CNS(=O)(=O)c1ccc(Cl)c(C#N)c1)N1CCOCC1. The van der Waals surface area contributed by atoms with Gasteiger partial charge < -0.3 is 4.74 Å². The largest absolute Gasteiger partial charge is 0.379 e. The Hall–Kier alpha value is -1.17. The van der Waals surface area contributed by atoms with E-state index < -0.39 is 10.0 Å². The summed E-state index contributed by atoms with van der Waals surface area (Å²) < 4.78 is 33.5. The summed E-state index contributed by atoms with van der Waals surface area (Å²) in [6, 6.07) is 6.21. The van der Waals surface area contributed by atoms with Crippen LogP contribution in [0.5, 0.6) is 0 Å². The molecule has 0 spiro atoms. The Morgan fingerprint density at radius 1 is 1.31 bits per heavy atom. The molecule has 6 nitrogen and oxygen atoms in total. The highest BCUT2D eigenvalue weighted by molar-refractivity contribution is 7.89. The van der Waals surface area contributed by atoms with Gasteiger partial charge in [0.05, 0.1) is 28.7 Å². The molecule has 1 atom stereocenters. The molecule has 1 heterocycles. The van der Waals surface area contributed by atoms with Crippen molar-refractivity contribution in [3.63, 3.8) is 0 Å². The Morgan fingerprint density at radius 3 is 2.54 bits per heavy atom. The topological polar surface area (TPSA) is 82.4 Å². The summed E-state index contributed by atoms with van der Waals surface area (Å²) in [7, 11) is -3.71. The third kappa shape index (κ3) is 5.18. The van der Waals surface area contributed by atoms with Crippen molar-refractivity contribution in [2.24, 2.45) is 5.92 Å². The third-order valence-electron chi connectivity index (χ3n) is 4.96. The molecule has 0 saturated carbocycles. The molecule has 1 unspecified atom stereocenters. The number of benzene rings is 1. The molecule has 1 saturated heterocycles. The number of nitrogens with zero attached hydrogens (tertiary/aromatic N) is 2. The van der Waals surface area contributed by atoms with E-state index in [9.17, 15) is 8.42 Å². The maximum atomic E-state index is 12.7. The molecule has 0 aromatic heterocycles. The van der Waals surface area contributed by atoms with Crippen molar-refractivity contribution in [2.45, 2.75) is 37.6 Å². The molecule has 0 amide bonds. The number of ether oxygens (including phenoxy) is 1. The predicted molar refractivity (Wildman–Crippen MR) is 102 cm³/mol. The summed E-state index contributed by atoms with van der Waals surface area (Å²) in [5.41, 5.74) is 0.152. The number of morpholine rings is 1. The molecule has 1 aliphatic rings. The van der Waals surface area contributed by atoms with Gasteiger partial charge in [-0.2, -0.15) is 5.26 Å². The van der Waals surface area contributed by atoms with Gasteiger partial charge in [-0.3, -0.25) is 4.90 Å². The van der Waals surface area contributed by atoms with E-state index in [4.69, 9.17) is 21.6 Å². The van der Waals surface area contributed by atoms with Crippen molar-refractivity contribution in [2.75, 3.05) is 32.8 Å². The predicted octanol–water partition coefficient (Wildman–Crippen LogP) is 2.63. The van der Waals surface area contributed by atoms with Gasteiger partial charge in [-0.25, -0.2) is 13.1 Å². The smallest absolute Gasteiger partial charge is 0.240 e. The molecule has 0 aliphatic carbocycles. The van der Waals surface area contributed by atoms with E-state index >= 15 is 0 Å². The monoisotopic (exact) mass is 399 g/mol. The molecule has 8 heteroatoms. The highest BCUT2D eigenvalue weighted by Crippen LogP contribution is 2.22. The van der Waals surface area contributed by atoms with E-state index in [0.29, 0.717) is 25.7 Å². The van der Waals surface area contributed by atoms with Gasteiger partial charge in [0.15, 0.2) is 0 Å². The number of sulfonamides is 1. The zero-order valence-electron chi connectivity index (χ0n) is 15.2. The molecule has 144 valence electrons. The number of rotatable bonds is 8. The minimum atomic E-state index is -3.71. The average Bonchev–Trinajstić information content (AvgIpc) is 2.66. The molecular formula is C18H26ClN3O3S. The van der Waals surface area contributed by atoms with Crippen molar-refractivity contribution in [1.29, 1.82) is 5.26 Å². The van der Waals surface area contributed by atoms with Gasteiger partial charge in [-0.15, -0.1) is 0 Å². The highest BCUT2D eigenvalue weighted by atomic mass is 35.5. The maximum absolute atomic E-state index is 12.7. The molecule has 1 fully saturated rings. The van der Waals surface area contributed by atoms with Gasteiger partial charge in [0.25, 0.3) is 0 Å². The first kappa shape index (κ1) is 21.1. The zero-order chi connectivity index (χ0) is 19.2. The van der Waals surface area contributed by atoms with Crippen molar-refractivity contribution in [3.8, 4) is 6.07 Å². The molecule has 0 bridgehead atoms. The minimum absolute atomic E-state index is 0.0590. The van der Waals surface area contributed by atoms with Crippen LogP contribution >= 0.6 is 11.6 Å². The van der Waals surface area contributed by atoms with Gasteiger partial charge in [0.1, 0.15) is 6.07 Å². The van der Waals surface area contributed by atoms with Crippen LogP contribution in [0, 0.1) is 17.2 Å². The number of nitrogens with one attached hydrogen (secondary N) is 1. The van der Waals surface area contributed by atoms with Crippen LogP contribution in [0.15, 0.2) is 23.1 Å². The molecule has 1 aromatic rings. The lowest BCUT2D eigenvalue weighted by Crippen LogP contribution is -2.52. The van der Waals surface area contributed by atoms with Crippen LogP contribution in [0.2, 0.25) is 5.02 Å². The van der Waals surface area contributed by atoms with Gasteiger partial charge in [-0.1, -0.05) is 38.3 Å². The second-order valence-electron chi connectivity index (χ2n) is 6.40. The molecule has 1 aliphatic heterocycles.